The average Bonchev–Trinajstić information content (AvgIpc) is 2.31. The quantitative estimate of drug-likeness (QED) is 0.673. The van der Waals surface area contributed by atoms with Gasteiger partial charge in [-0.15, -0.1) is 0 Å². The average molecular weight is 309 g/mol. The highest BCUT2D eigenvalue weighted by atomic mass is 79.9. The SMILES string of the molecule is Cc1cc(F)cc(C(NN)c2ccccc2Br)c1. The molecule has 2 aromatic rings. The van der Waals surface area contributed by atoms with E-state index in [1.165, 1.54) is 12.1 Å². The zero-order valence-corrected chi connectivity index (χ0v) is 11.5. The molecule has 0 aliphatic heterocycles. The number of hydrazine groups is 1. The van der Waals surface area contributed by atoms with Crippen molar-refractivity contribution in [1.82, 2.24) is 5.43 Å². The molecule has 18 heavy (non-hydrogen) atoms. The van der Waals surface area contributed by atoms with Gasteiger partial charge in [0.2, 0.25) is 0 Å². The van der Waals surface area contributed by atoms with Crippen LogP contribution in [-0.2, 0) is 0 Å². The Labute approximate surface area is 114 Å². The molecule has 1 unspecified atom stereocenters. The normalized spacial score (nSPS) is 12.4. The maximum Gasteiger partial charge on any atom is 0.123 e. The fraction of sp³-hybridized carbons (Fsp3) is 0.143. The molecule has 0 saturated heterocycles. The van der Waals surface area contributed by atoms with Crippen molar-refractivity contribution < 1.29 is 4.39 Å². The van der Waals surface area contributed by atoms with E-state index in [4.69, 9.17) is 5.84 Å². The summed E-state index contributed by atoms with van der Waals surface area (Å²) in [4.78, 5) is 0. The third-order valence-corrected chi connectivity index (χ3v) is 3.50. The fourth-order valence-corrected chi connectivity index (χ4v) is 2.52. The van der Waals surface area contributed by atoms with Crippen molar-refractivity contribution in [3.63, 3.8) is 0 Å². The van der Waals surface area contributed by atoms with E-state index in [1.54, 1.807) is 0 Å². The smallest absolute Gasteiger partial charge is 0.123 e. The summed E-state index contributed by atoms with van der Waals surface area (Å²) in [5, 5.41) is 0. The van der Waals surface area contributed by atoms with Crippen LogP contribution in [-0.4, -0.2) is 0 Å². The Kier molecular flexibility index (Phi) is 4.11. The van der Waals surface area contributed by atoms with E-state index in [1.807, 2.05) is 37.3 Å². The van der Waals surface area contributed by atoms with Gasteiger partial charge >= 0.3 is 0 Å². The summed E-state index contributed by atoms with van der Waals surface area (Å²) in [6, 6.07) is 12.4. The van der Waals surface area contributed by atoms with Crippen LogP contribution in [0.4, 0.5) is 4.39 Å². The molecule has 0 spiro atoms. The molecule has 4 heteroatoms. The van der Waals surface area contributed by atoms with Crippen molar-refractivity contribution in [2.75, 3.05) is 0 Å². The van der Waals surface area contributed by atoms with Gasteiger partial charge in [-0.1, -0.05) is 40.2 Å². The maximum absolute atomic E-state index is 13.5. The third kappa shape index (κ3) is 2.77. The zero-order chi connectivity index (χ0) is 13.1. The monoisotopic (exact) mass is 308 g/mol. The van der Waals surface area contributed by atoms with E-state index in [0.717, 1.165) is 21.2 Å². The zero-order valence-electron chi connectivity index (χ0n) is 9.95. The van der Waals surface area contributed by atoms with E-state index in [2.05, 4.69) is 21.4 Å². The van der Waals surface area contributed by atoms with Crippen LogP contribution in [0.25, 0.3) is 0 Å². The molecule has 2 rings (SSSR count). The van der Waals surface area contributed by atoms with Crippen LogP contribution < -0.4 is 11.3 Å². The Morgan fingerprint density at radius 2 is 1.94 bits per heavy atom. The number of nitrogens with one attached hydrogen (secondary N) is 1. The molecule has 0 amide bonds. The standard InChI is InChI=1S/C14H14BrFN2/c1-9-6-10(8-11(16)7-9)14(18-17)12-4-2-3-5-13(12)15/h2-8,14,18H,17H2,1H3. The van der Waals surface area contributed by atoms with Crippen molar-refractivity contribution in [1.29, 1.82) is 0 Å². The van der Waals surface area contributed by atoms with Gasteiger partial charge in [-0.3, -0.25) is 5.84 Å². The van der Waals surface area contributed by atoms with Crippen LogP contribution in [0.5, 0.6) is 0 Å². The first kappa shape index (κ1) is 13.2. The first-order valence-electron chi connectivity index (χ1n) is 5.59. The van der Waals surface area contributed by atoms with Crippen LogP contribution in [0.1, 0.15) is 22.7 Å². The van der Waals surface area contributed by atoms with Crippen molar-refractivity contribution in [2.45, 2.75) is 13.0 Å². The van der Waals surface area contributed by atoms with E-state index in [9.17, 15) is 4.39 Å². The van der Waals surface area contributed by atoms with Gasteiger partial charge in [-0.25, -0.2) is 9.82 Å². The summed E-state index contributed by atoms with van der Waals surface area (Å²) in [6.45, 7) is 1.86. The van der Waals surface area contributed by atoms with Gasteiger partial charge in [0.05, 0.1) is 6.04 Å². The first-order valence-corrected chi connectivity index (χ1v) is 6.39. The molecule has 0 aliphatic rings. The van der Waals surface area contributed by atoms with Crippen molar-refractivity contribution in [2.24, 2.45) is 5.84 Å². The van der Waals surface area contributed by atoms with Gasteiger partial charge in [-0.05, 0) is 41.8 Å². The summed E-state index contributed by atoms with van der Waals surface area (Å²) in [5.74, 6) is 5.36. The minimum atomic E-state index is -0.252. The number of hydrogen-bond acceptors (Lipinski definition) is 2. The van der Waals surface area contributed by atoms with E-state index in [0.29, 0.717) is 0 Å². The molecule has 0 fully saturated rings. The summed E-state index contributed by atoms with van der Waals surface area (Å²) >= 11 is 3.48. The van der Waals surface area contributed by atoms with Crippen LogP contribution in [0.3, 0.4) is 0 Å². The number of nitrogens with two attached hydrogens (primary N) is 1. The highest BCUT2D eigenvalue weighted by Crippen LogP contribution is 2.28. The lowest BCUT2D eigenvalue weighted by Crippen LogP contribution is -2.29. The van der Waals surface area contributed by atoms with Crippen LogP contribution in [0.2, 0.25) is 0 Å². The summed E-state index contributed by atoms with van der Waals surface area (Å²) in [7, 11) is 0. The molecule has 2 nitrogen and oxygen atoms in total. The lowest BCUT2D eigenvalue weighted by Gasteiger charge is -2.19. The number of aryl methyl sites for hydroxylation is 1. The lowest BCUT2D eigenvalue weighted by molar-refractivity contribution is 0.603. The molecule has 0 radical (unpaired) electrons. The predicted molar refractivity (Wildman–Crippen MR) is 74.4 cm³/mol. The highest BCUT2D eigenvalue weighted by molar-refractivity contribution is 9.10. The molecule has 3 N–H and O–H groups in total. The number of benzene rings is 2. The van der Waals surface area contributed by atoms with E-state index in [-0.39, 0.29) is 11.9 Å². The van der Waals surface area contributed by atoms with Crippen LogP contribution in [0.15, 0.2) is 46.9 Å². The Balaban J connectivity index is 2.48. The molecular weight excluding hydrogens is 295 g/mol. The number of rotatable bonds is 3. The molecule has 94 valence electrons. The van der Waals surface area contributed by atoms with Gasteiger partial charge < -0.3 is 0 Å². The topological polar surface area (TPSA) is 38.0 Å². The molecule has 0 aliphatic carbocycles. The number of halogens is 2. The second-order valence-electron chi connectivity index (χ2n) is 4.18. The Morgan fingerprint density at radius 3 is 2.56 bits per heavy atom. The van der Waals surface area contributed by atoms with Gasteiger partial charge in [0.15, 0.2) is 0 Å². The minimum absolute atomic E-state index is 0.241. The minimum Gasteiger partial charge on any atom is -0.271 e. The fourth-order valence-electron chi connectivity index (χ4n) is 2.01. The van der Waals surface area contributed by atoms with E-state index < -0.39 is 0 Å². The molecule has 0 saturated carbocycles. The molecule has 2 aromatic carbocycles. The summed E-state index contributed by atoms with van der Waals surface area (Å²) < 4.78 is 14.4. The molecule has 0 heterocycles. The highest BCUT2D eigenvalue weighted by Gasteiger charge is 2.15. The lowest BCUT2D eigenvalue weighted by atomic mass is 9.98. The van der Waals surface area contributed by atoms with Crippen molar-refractivity contribution in [3.8, 4) is 0 Å². The molecule has 0 aromatic heterocycles. The van der Waals surface area contributed by atoms with Crippen LogP contribution >= 0.6 is 15.9 Å². The van der Waals surface area contributed by atoms with E-state index >= 15 is 0 Å². The molecule has 0 bridgehead atoms. The Morgan fingerprint density at radius 1 is 1.22 bits per heavy atom. The molecule has 1 atom stereocenters. The number of hydrogen-bond donors (Lipinski definition) is 2. The second kappa shape index (κ2) is 5.61. The first-order chi connectivity index (χ1) is 8.61. The van der Waals surface area contributed by atoms with Gasteiger partial charge in [0, 0.05) is 4.47 Å². The summed E-state index contributed by atoms with van der Waals surface area (Å²) in [5.41, 5.74) is 5.39. The van der Waals surface area contributed by atoms with Gasteiger partial charge in [0.1, 0.15) is 5.82 Å². The Hall–Kier alpha value is -1.23. The van der Waals surface area contributed by atoms with Crippen molar-refractivity contribution >= 4 is 15.9 Å². The van der Waals surface area contributed by atoms with Crippen molar-refractivity contribution in [3.05, 3.63) is 69.4 Å². The predicted octanol–water partition coefficient (Wildman–Crippen LogP) is 3.45. The van der Waals surface area contributed by atoms with Gasteiger partial charge in [-0.2, -0.15) is 0 Å². The third-order valence-electron chi connectivity index (χ3n) is 2.78. The van der Waals surface area contributed by atoms with Crippen LogP contribution in [0, 0.1) is 12.7 Å². The summed E-state index contributed by atoms with van der Waals surface area (Å²) in [6.07, 6.45) is 0. The molecular formula is C14H14BrFN2. The Bertz CT molecular complexity index is 537. The maximum atomic E-state index is 13.5. The van der Waals surface area contributed by atoms with Gasteiger partial charge in [0.25, 0.3) is 0 Å². The second-order valence-corrected chi connectivity index (χ2v) is 5.04. The largest absolute Gasteiger partial charge is 0.271 e.